The van der Waals surface area contributed by atoms with Crippen LogP contribution in [0.2, 0.25) is 0 Å². The molecule has 8 heteroatoms. The van der Waals surface area contributed by atoms with E-state index in [1.54, 1.807) is 22.7 Å². The lowest BCUT2D eigenvalue weighted by Gasteiger charge is -2.34. The topological polar surface area (TPSA) is 58.6 Å². The summed E-state index contributed by atoms with van der Waals surface area (Å²) in [5.41, 5.74) is 3.33. The fraction of sp³-hybridized carbons (Fsp3) is 0.381. The molecule has 0 radical (unpaired) electrons. The summed E-state index contributed by atoms with van der Waals surface area (Å²) < 4.78 is 5.90. The fourth-order valence-electron chi connectivity index (χ4n) is 3.36. The number of benzene rings is 1. The average Bonchev–Trinajstić information content (AvgIpc) is 3.42. The van der Waals surface area contributed by atoms with Gasteiger partial charge in [-0.3, -0.25) is 4.79 Å². The van der Waals surface area contributed by atoms with E-state index in [-0.39, 0.29) is 12.5 Å². The van der Waals surface area contributed by atoms with Crippen molar-refractivity contribution < 1.29 is 9.53 Å². The molecule has 0 atom stereocenters. The van der Waals surface area contributed by atoms with Crippen molar-refractivity contribution in [1.82, 2.24) is 15.1 Å². The van der Waals surface area contributed by atoms with Crippen molar-refractivity contribution in [2.45, 2.75) is 20.8 Å². The Hall–Kier alpha value is -2.45. The van der Waals surface area contributed by atoms with Crippen molar-refractivity contribution in [2.24, 2.45) is 0 Å². The Kier molecular flexibility index (Phi) is 5.82. The van der Waals surface area contributed by atoms with Gasteiger partial charge in [-0.1, -0.05) is 29.5 Å². The maximum atomic E-state index is 12.6. The molecule has 3 aromatic rings. The predicted octanol–water partition coefficient (Wildman–Crippen LogP) is 3.92. The fourth-order valence-corrected chi connectivity index (χ4v) is 5.05. The zero-order chi connectivity index (χ0) is 20.4. The normalized spacial score (nSPS) is 14.3. The van der Waals surface area contributed by atoms with Crippen LogP contribution in [-0.4, -0.2) is 53.8 Å². The lowest BCUT2D eigenvalue weighted by atomic mass is 10.1. The second-order valence-corrected chi connectivity index (χ2v) is 9.08. The van der Waals surface area contributed by atoms with Crippen LogP contribution in [0, 0.1) is 20.8 Å². The first-order chi connectivity index (χ1) is 14.0. The van der Waals surface area contributed by atoms with E-state index in [2.05, 4.69) is 34.2 Å². The number of thiophene rings is 1. The molecule has 1 saturated heterocycles. The Balaban J connectivity index is 1.32. The third kappa shape index (κ3) is 4.28. The van der Waals surface area contributed by atoms with Gasteiger partial charge in [0, 0.05) is 26.2 Å². The molecule has 0 bridgehead atoms. The van der Waals surface area contributed by atoms with Gasteiger partial charge in [0.05, 0.1) is 4.88 Å². The number of piperazine rings is 1. The number of hydrogen-bond acceptors (Lipinski definition) is 7. The van der Waals surface area contributed by atoms with Crippen molar-refractivity contribution in [2.75, 3.05) is 37.7 Å². The first kappa shape index (κ1) is 19.8. The predicted molar refractivity (Wildman–Crippen MR) is 118 cm³/mol. The SMILES string of the molecule is Cc1ccc(C)c(OCC(=O)N2CCN(c3nnc(-c4cccs4)s3)CC2)c1C. The molecule has 0 unspecified atom stereocenters. The highest BCUT2D eigenvalue weighted by molar-refractivity contribution is 7.22. The molecule has 1 fully saturated rings. The second-order valence-electron chi connectivity index (χ2n) is 7.18. The number of hydrogen-bond donors (Lipinski definition) is 0. The van der Waals surface area contributed by atoms with Gasteiger partial charge in [-0.25, -0.2) is 0 Å². The van der Waals surface area contributed by atoms with Crippen molar-refractivity contribution in [3.63, 3.8) is 0 Å². The second kappa shape index (κ2) is 8.51. The third-order valence-corrected chi connectivity index (χ3v) is 7.29. The van der Waals surface area contributed by atoms with Crippen LogP contribution in [0.3, 0.4) is 0 Å². The average molecular weight is 429 g/mol. The molecular weight excluding hydrogens is 404 g/mol. The lowest BCUT2D eigenvalue weighted by molar-refractivity contribution is -0.133. The van der Waals surface area contributed by atoms with E-state index in [9.17, 15) is 4.79 Å². The molecule has 1 aromatic carbocycles. The summed E-state index contributed by atoms with van der Waals surface area (Å²) in [7, 11) is 0. The summed E-state index contributed by atoms with van der Waals surface area (Å²) in [4.78, 5) is 17.9. The summed E-state index contributed by atoms with van der Waals surface area (Å²) in [5.74, 6) is 0.855. The number of amides is 1. The standard InChI is InChI=1S/C21H24N4O2S2/c1-14-6-7-15(2)19(16(14)3)27-13-18(26)24-8-10-25(11-9-24)21-23-22-20(29-21)17-5-4-12-28-17/h4-7,12H,8-11,13H2,1-3H3. The van der Waals surface area contributed by atoms with Gasteiger partial charge in [-0.2, -0.15) is 0 Å². The molecule has 0 saturated carbocycles. The molecule has 1 amide bonds. The molecule has 0 aliphatic carbocycles. The largest absolute Gasteiger partial charge is 0.483 e. The van der Waals surface area contributed by atoms with Gasteiger partial charge in [-0.05, 0) is 48.9 Å². The number of aromatic nitrogens is 2. The minimum absolute atomic E-state index is 0.0292. The van der Waals surface area contributed by atoms with Gasteiger partial charge in [0.15, 0.2) is 11.6 Å². The third-order valence-electron chi connectivity index (χ3n) is 5.26. The van der Waals surface area contributed by atoms with E-state index >= 15 is 0 Å². The molecule has 0 spiro atoms. The Labute approximate surface area is 178 Å². The van der Waals surface area contributed by atoms with Crippen LogP contribution < -0.4 is 9.64 Å². The van der Waals surface area contributed by atoms with E-state index in [4.69, 9.17) is 4.74 Å². The number of carbonyl (C=O) groups excluding carboxylic acids is 1. The molecule has 2 aromatic heterocycles. The summed E-state index contributed by atoms with van der Waals surface area (Å²) in [6.07, 6.45) is 0. The minimum atomic E-state index is 0.0292. The molecule has 6 nitrogen and oxygen atoms in total. The quantitative estimate of drug-likeness (QED) is 0.616. The van der Waals surface area contributed by atoms with Crippen molar-refractivity contribution >= 4 is 33.7 Å². The van der Waals surface area contributed by atoms with E-state index in [1.165, 1.54) is 5.56 Å². The summed E-state index contributed by atoms with van der Waals surface area (Å²) in [5, 5.41) is 12.6. The van der Waals surface area contributed by atoms with E-state index in [0.717, 1.165) is 45.0 Å². The number of carbonyl (C=O) groups is 1. The van der Waals surface area contributed by atoms with E-state index in [0.29, 0.717) is 13.1 Å². The molecular formula is C21H24N4O2S2. The summed E-state index contributed by atoms with van der Waals surface area (Å²) >= 11 is 3.27. The Morgan fingerprint density at radius 1 is 1.07 bits per heavy atom. The first-order valence-electron chi connectivity index (χ1n) is 9.62. The smallest absolute Gasteiger partial charge is 0.260 e. The van der Waals surface area contributed by atoms with Crippen LogP contribution in [0.1, 0.15) is 16.7 Å². The van der Waals surface area contributed by atoms with E-state index in [1.807, 2.05) is 36.3 Å². The van der Waals surface area contributed by atoms with Crippen LogP contribution in [-0.2, 0) is 4.79 Å². The highest BCUT2D eigenvalue weighted by Crippen LogP contribution is 2.32. The Morgan fingerprint density at radius 2 is 1.83 bits per heavy atom. The first-order valence-corrected chi connectivity index (χ1v) is 11.3. The van der Waals surface area contributed by atoms with Gasteiger partial charge < -0.3 is 14.5 Å². The monoisotopic (exact) mass is 428 g/mol. The molecule has 4 rings (SSSR count). The molecule has 152 valence electrons. The maximum Gasteiger partial charge on any atom is 0.260 e. The van der Waals surface area contributed by atoms with Gasteiger partial charge in [0.1, 0.15) is 5.75 Å². The maximum absolute atomic E-state index is 12.6. The van der Waals surface area contributed by atoms with Crippen LogP contribution in [0.5, 0.6) is 5.75 Å². The molecule has 1 aliphatic heterocycles. The highest BCUT2D eigenvalue weighted by Gasteiger charge is 2.24. The molecule has 1 aliphatic rings. The molecule has 3 heterocycles. The Bertz CT molecular complexity index is 992. The van der Waals surface area contributed by atoms with Crippen molar-refractivity contribution in [3.8, 4) is 15.6 Å². The summed E-state index contributed by atoms with van der Waals surface area (Å²) in [6, 6.07) is 8.19. The Morgan fingerprint density at radius 3 is 2.55 bits per heavy atom. The number of ether oxygens (including phenoxy) is 1. The van der Waals surface area contributed by atoms with Gasteiger partial charge in [0.2, 0.25) is 5.13 Å². The van der Waals surface area contributed by atoms with Gasteiger partial charge >= 0.3 is 0 Å². The van der Waals surface area contributed by atoms with Gasteiger partial charge in [0.25, 0.3) is 5.91 Å². The zero-order valence-corrected chi connectivity index (χ0v) is 18.5. The summed E-state index contributed by atoms with van der Waals surface area (Å²) in [6.45, 7) is 9.03. The number of aryl methyl sites for hydroxylation is 2. The van der Waals surface area contributed by atoms with Crippen LogP contribution in [0.4, 0.5) is 5.13 Å². The minimum Gasteiger partial charge on any atom is -0.483 e. The lowest BCUT2D eigenvalue weighted by Crippen LogP contribution is -2.50. The number of nitrogens with zero attached hydrogens (tertiary/aromatic N) is 4. The number of rotatable bonds is 5. The zero-order valence-electron chi connectivity index (χ0n) is 16.8. The van der Waals surface area contributed by atoms with E-state index < -0.39 is 0 Å². The van der Waals surface area contributed by atoms with Crippen LogP contribution in [0.15, 0.2) is 29.6 Å². The molecule has 0 N–H and O–H groups in total. The van der Waals surface area contributed by atoms with Crippen molar-refractivity contribution in [1.29, 1.82) is 0 Å². The molecule has 29 heavy (non-hydrogen) atoms. The highest BCUT2D eigenvalue weighted by atomic mass is 32.1. The van der Waals surface area contributed by atoms with Crippen LogP contribution in [0.25, 0.3) is 9.88 Å². The van der Waals surface area contributed by atoms with Gasteiger partial charge in [-0.15, -0.1) is 21.5 Å². The number of anilines is 1. The van der Waals surface area contributed by atoms with Crippen LogP contribution >= 0.6 is 22.7 Å². The van der Waals surface area contributed by atoms with Crippen molar-refractivity contribution in [3.05, 3.63) is 46.3 Å².